The van der Waals surface area contributed by atoms with Gasteiger partial charge in [0.2, 0.25) is 5.91 Å². The molecule has 2 aromatic carbocycles. The highest BCUT2D eigenvalue weighted by Crippen LogP contribution is 2.24. The number of anilines is 1. The van der Waals surface area contributed by atoms with E-state index in [1.54, 1.807) is 7.11 Å². The Hall–Kier alpha value is -3.39. The first-order chi connectivity index (χ1) is 15.5. The molecule has 0 radical (unpaired) electrons. The second-order valence-electron chi connectivity index (χ2n) is 8.20. The molecular formula is C24H29N5O3. The number of hydrogen-bond acceptors (Lipinski definition) is 5. The van der Waals surface area contributed by atoms with Gasteiger partial charge in [-0.15, -0.1) is 5.10 Å². The molecule has 3 aromatic rings. The van der Waals surface area contributed by atoms with E-state index >= 15 is 0 Å². The van der Waals surface area contributed by atoms with Gasteiger partial charge in [-0.3, -0.25) is 9.78 Å². The predicted octanol–water partition coefficient (Wildman–Crippen LogP) is 2.95. The van der Waals surface area contributed by atoms with Crippen molar-refractivity contribution in [2.45, 2.75) is 32.1 Å². The van der Waals surface area contributed by atoms with Crippen LogP contribution in [0.4, 0.5) is 5.69 Å². The second-order valence-corrected chi connectivity index (χ2v) is 8.20. The number of aromatic nitrogens is 3. The Morgan fingerprint density at radius 2 is 2.06 bits per heavy atom. The van der Waals surface area contributed by atoms with E-state index in [1.807, 2.05) is 42.5 Å². The number of rotatable bonds is 7. The number of hydrogen-bond donors (Lipinski definition) is 2. The van der Waals surface area contributed by atoms with Crippen molar-refractivity contribution < 1.29 is 9.53 Å². The number of carbonyl (C=O) groups is 1. The highest BCUT2D eigenvalue weighted by molar-refractivity contribution is 5.88. The molecule has 4 rings (SSSR count). The number of amides is 1. The first kappa shape index (κ1) is 21.8. The molecule has 32 heavy (non-hydrogen) atoms. The van der Waals surface area contributed by atoms with Crippen molar-refractivity contribution in [3.8, 4) is 11.4 Å². The topological polar surface area (TPSA) is 92.2 Å². The van der Waals surface area contributed by atoms with Crippen LogP contribution in [0.3, 0.4) is 0 Å². The van der Waals surface area contributed by atoms with Crippen molar-refractivity contribution in [3.05, 3.63) is 70.4 Å². The average Bonchev–Trinajstić information content (AvgIpc) is 3.19. The zero-order chi connectivity index (χ0) is 22.5. The summed E-state index contributed by atoms with van der Waals surface area (Å²) in [4.78, 5) is 29.2. The molecule has 8 nitrogen and oxygen atoms in total. The minimum Gasteiger partial charge on any atom is -0.497 e. The third-order valence-electron chi connectivity index (χ3n) is 5.81. The summed E-state index contributed by atoms with van der Waals surface area (Å²) in [6.45, 7) is 4.33. The number of benzene rings is 2. The fourth-order valence-corrected chi connectivity index (χ4v) is 4.20. The molecule has 168 valence electrons. The maximum absolute atomic E-state index is 12.5. The van der Waals surface area contributed by atoms with Crippen LogP contribution in [0.2, 0.25) is 0 Å². The van der Waals surface area contributed by atoms with Gasteiger partial charge < -0.3 is 15.0 Å². The van der Waals surface area contributed by atoms with E-state index in [4.69, 9.17) is 4.74 Å². The fraction of sp³-hybridized carbons (Fsp3) is 0.375. The second kappa shape index (κ2) is 9.82. The highest BCUT2D eigenvalue weighted by Gasteiger charge is 2.24. The van der Waals surface area contributed by atoms with Crippen LogP contribution in [0.5, 0.6) is 5.75 Å². The van der Waals surface area contributed by atoms with E-state index in [1.165, 1.54) is 17.2 Å². The molecule has 1 aromatic heterocycles. The first-order valence-electron chi connectivity index (χ1n) is 10.9. The molecule has 1 atom stereocenters. The summed E-state index contributed by atoms with van der Waals surface area (Å²) in [6.07, 6.45) is 2.97. The summed E-state index contributed by atoms with van der Waals surface area (Å²) in [5, 5.41) is 7.43. The van der Waals surface area contributed by atoms with Crippen LogP contribution in [-0.4, -0.2) is 52.3 Å². The quantitative estimate of drug-likeness (QED) is 0.595. The van der Waals surface area contributed by atoms with E-state index < -0.39 is 0 Å². The van der Waals surface area contributed by atoms with Gasteiger partial charge in [-0.25, -0.2) is 4.79 Å². The molecule has 0 spiro atoms. The molecule has 2 N–H and O–H groups in total. The van der Waals surface area contributed by atoms with Crippen molar-refractivity contribution >= 4 is 11.6 Å². The molecular weight excluding hydrogens is 406 g/mol. The van der Waals surface area contributed by atoms with Gasteiger partial charge in [0, 0.05) is 31.6 Å². The zero-order valence-electron chi connectivity index (χ0n) is 18.5. The van der Waals surface area contributed by atoms with Gasteiger partial charge in [0.15, 0.2) is 0 Å². The lowest BCUT2D eigenvalue weighted by molar-refractivity contribution is -0.114. The Morgan fingerprint density at radius 1 is 1.25 bits per heavy atom. The van der Waals surface area contributed by atoms with Crippen LogP contribution >= 0.6 is 0 Å². The first-order valence-corrected chi connectivity index (χ1v) is 10.9. The number of methoxy groups -OCH3 is 1. The molecule has 8 heteroatoms. The van der Waals surface area contributed by atoms with Gasteiger partial charge in [-0.05, 0) is 67.8 Å². The summed E-state index contributed by atoms with van der Waals surface area (Å²) in [5.41, 5.74) is 2.51. The SMILES string of the molecule is COc1ccc(-n2nc(C3CCCN(CCc4cccc(NC(C)=O)c4)C3)[nH]c2=O)cc1. The normalized spacial score (nSPS) is 16.6. The summed E-state index contributed by atoms with van der Waals surface area (Å²) < 4.78 is 6.60. The Morgan fingerprint density at radius 3 is 2.81 bits per heavy atom. The lowest BCUT2D eigenvalue weighted by Gasteiger charge is -2.31. The lowest BCUT2D eigenvalue weighted by Crippen LogP contribution is -2.36. The fourth-order valence-electron chi connectivity index (χ4n) is 4.20. The number of H-pyrrole nitrogens is 1. The number of aromatic amines is 1. The van der Waals surface area contributed by atoms with Crippen molar-refractivity contribution in [1.29, 1.82) is 0 Å². The summed E-state index contributed by atoms with van der Waals surface area (Å²) in [7, 11) is 1.61. The average molecular weight is 436 g/mol. The minimum absolute atomic E-state index is 0.0657. The molecule has 1 amide bonds. The third-order valence-corrected chi connectivity index (χ3v) is 5.81. The van der Waals surface area contributed by atoms with Gasteiger partial charge in [-0.2, -0.15) is 4.68 Å². The Bertz CT molecular complexity index is 1120. The predicted molar refractivity (Wildman–Crippen MR) is 124 cm³/mol. The van der Waals surface area contributed by atoms with Crippen molar-refractivity contribution in [2.24, 2.45) is 0 Å². The third kappa shape index (κ3) is 5.26. The van der Waals surface area contributed by atoms with Crippen LogP contribution in [0, 0.1) is 0 Å². The Labute approximate surface area is 187 Å². The highest BCUT2D eigenvalue weighted by atomic mass is 16.5. The summed E-state index contributed by atoms with van der Waals surface area (Å²) >= 11 is 0. The largest absolute Gasteiger partial charge is 0.497 e. The number of ether oxygens (including phenoxy) is 1. The monoisotopic (exact) mass is 435 g/mol. The number of carbonyl (C=O) groups excluding carboxylic acids is 1. The number of nitrogens with one attached hydrogen (secondary N) is 2. The molecule has 1 unspecified atom stereocenters. The molecule has 0 bridgehead atoms. The summed E-state index contributed by atoms with van der Waals surface area (Å²) in [6, 6.07) is 15.3. The molecule has 1 saturated heterocycles. The maximum atomic E-state index is 12.5. The zero-order valence-corrected chi connectivity index (χ0v) is 18.5. The van der Waals surface area contributed by atoms with Crippen LogP contribution in [0.25, 0.3) is 5.69 Å². The summed E-state index contributed by atoms with van der Waals surface area (Å²) in [5.74, 6) is 1.61. The van der Waals surface area contributed by atoms with Gasteiger partial charge in [-0.1, -0.05) is 12.1 Å². The van der Waals surface area contributed by atoms with E-state index in [9.17, 15) is 9.59 Å². The minimum atomic E-state index is -0.225. The molecule has 0 saturated carbocycles. The number of nitrogens with zero attached hydrogens (tertiary/aromatic N) is 3. The van der Waals surface area contributed by atoms with Gasteiger partial charge in [0.25, 0.3) is 0 Å². The van der Waals surface area contributed by atoms with Crippen molar-refractivity contribution in [3.63, 3.8) is 0 Å². The molecule has 1 aliphatic heterocycles. The molecule has 0 aliphatic carbocycles. The van der Waals surface area contributed by atoms with Crippen LogP contribution in [0.1, 0.15) is 37.1 Å². The number of likely N-dealkylation sites (tertiary alicyclic amines) is 1. The molecule has 1 fully saturated rings. The molecule has 2 heterocycles. The standard InChI is InChI=1S/C24H29N5O3/c1-17(30)25-20-7-3-5-18(15-20)12-14-28-13-4-6-19(16-28)23-26-24(31)29(27-23)21-8-10-22(32-2)11-9-21/h3,5,7-11,15,19H,4,6,12-14,16H2,1-2H3,(H,25,30)(H,26,27,31). The van der Waals surface area contributed by atoms with E-state index in [-0.39, 0.29) is 17.5 Å². The Kier molecular flexibility index (Phi) is 6.70. The van der Waals surface area contributed by atoms with Gasteiger partial charge in [0.05, 0.1) is 12.8 Å². The van der Waals surface area contributed by atoms with Crippen molar-refractivity contribution in [2.75, 3.05) is 32.1 Å². The lowest BCUT2D eigenvalue weighted by atomic mass is 9.97. The molecule has 1 aliphatic rings. The van der Waals surface area contributed by atoms with E-state index in [2.05, 4.69) is 26.4 Å². The maximum Gasteiger partial charge on any atom is 0.348 e. The Balaban J connectivity index is 1.40. The van der Waals surface area contributed by atoms with E-state index in [0.29, 0.717) is 5.69 Å². The number of piperidine rings is 1. The van der Waals surface area contributed by atoms with Crippen LogP contribution < -0.4 is 15.7 Å². The van der Waals surface area contributed by atoms with Gasteiger partial charge >= 0.3 is 5.69 Å². The van der Waals surface area contributed by atoms with Crippen molar-refractivity contribution in [1.82, 2.24) is 19.7 Å². The van der Waals surface area contributed by atoms with Gasteiger partial charge in [0.1, 0.15) is 11.6 Å². The van der Waals surface area contributed by atoms with Crippen LogP contribution in [0.15, 0.2) is 53.3 Å². The van der Waals surface area contributed by atoms with Crippen LogP contribution in [-0.2, 0) is 11.2 Å². The smallest absolute Gasteiger partial charge is 0.348 e. The van der Waals surface area contributed by atoms with E-state index in [0.717, 1.165) is 56.2 Å².